The van der Waals surface area contributed by atoms with Crippen molar-refractivity contribution in [3.05, 3.63) is 35.5 Å². The van der Waals surface area contributed by atoms with Crippen molar-refractivity contribution >= 4 is 6.21 Å². The number of aliphatic imine (C=N–C) groups is 1. The average Bonchev–Trinajstić information content (AvgIpc) is 3.19. The van der Waals surface area contributed by atoms with Crippen molar-refractivity contribution in [3.8, 4) is 0 Å². The molecule has 1 spiro atoms. The molecule has 0 radical (unpaired) electrons. The molecule has 9 atom stereocenters. The number of hydrogen-bond acceptors (Lipinski definition) is 3. The molecule has 3 nitrogen and oxygen atoms in total. The molecule has 0 saturated heterocycles. The summed E-state index contributed by atoms with van der Waals surface area (Å²) < 4.78 is 0. The molecule has 0 aromatic rings. The smallest absolute Gasteiger partial charge is 0.0576 e. The Balaban J connectivity index is 1.31. The predicted molar refractivity (Wildman–Crippen MR) is 143 cm³/mol. The van der Waals surface area contributed by atoms with Crippen LogP contribution in [0.25, 0.3) is 0 Å². The molecule has 5 aliphatic carbocycles. The molecule has 3 heteroatoms. The van der Waals surface area contributed by atoms with Gasteiger partial charge >= 0.3 is 0 Å². The number of allylic oxidation sites excluding steroid dienone is 4. The third kappa shape index (κ3) is 3.54. The fourth-order valence-corrected chi connectivity index (χ4v) is 10.8. The molecule has 4 saturated carbocycles. The van der Waals surface area contributed by atoms with Crippen LogP contribution >= 0.6 is 0 Å². The van der Waals surface area contributed by atoms with E-state index in [0.717, 1.165) is 19.4 Å². The Kier molecular flexibility index (Phi) is 5.81. The SMILES string of the molecule is C=C1C=C2[C@@]3(CC[C@@H](C[C@H](CO)CC4=CCN=C4)C3)C[C@H]3[C@@H](CO)CCC[C@@H]3[C@@]2(C)[C@H]2[C@@H]1C2(C)C. The maximum atomic E-state index is 10.4. The predicted octanol–water partition coefficient (Wildman–Crippen LogP) is 6.38. The zero-order valence-electron chi connectivity index (χ0n) is 22.3. The Bertz CT molecular complexity index is 974. The summed E-state index contributed by atoms with van der Waals surface area (Å²) in [5.41, 5.74) is 5.33. The molecule has 6 aliphatic rings. The molecule has 1 aliphatic heterocycles. The van der Waals surface area contributed by atoms with Gasteiger partial charge in [0.2, 0.25) is 0 Å². The number of rotatable bonds is 6. The second-order valence-electron chi connectivity index (χ2n) is 14.2. The van der Waals surface area contributed by atoms with Crippen molar-refractivity contribution in [2.24, 2.45) is 62.7 Å². The van der Waals surface area contributed by atoms with Crippen molar-refractivity contribution in [2.75, 3.05) is 19.8 Å². The number of hydrogen-bond donors (Lipinski definition) is 2. The molecule has 192 valence electrons. The molecule has 0 aromatic heterocycles. The highest BCUT2D eigenvalue weighted by atomic mass is 16.3. The molecule has 4 fully saturated rings. The molecule has 2 N–H and O–H groups in total. The van der Waals surface area contributed by atoms with Crippen molar-refractivity contribution in [2.45, 2.75) is 78.6 Å². The zero-order valence-corrected chi connectivity index (χ0v) is 22.3. The van der Waals surface area contributed by atoms with Crippen LogP contribution in [0.2, 0.25) is 0 Å². The Labute approximate surface area is 212 Å². The van der Waals surface area contributed by atoms with Crippen LogP contribution in [0.15, 0.2) is 40.4 Å². The minimum atomic E-state index is 0.252. The van der Waals surface area contributed by atoms with Crippen LogP contribution in [-0.2, 0) is 0 Å². The second kappa shape index (κ2) is 8.42. The lowest BCUT2D eigenvalue weighted by Gasteiger charge is -2.61. The topological polar surface area (TPSA) is 52.8 Å². The van der Waals surface area contributed by atoms with Gasteiger partial charge < -0.3 is 10.2 Å². The van der Waals surface area contributed by atoms with E-state index in [4.69, 9.17) is 0 Å². The summed E-state index contributed by atoms with van der Waals surface area (Å²) in [5, 5.41) is 20.6. The van der Waals surface area contributed by atoms with Gasteiger partial charge in [0.05, 0.1) is 6.54 Å². The third-order valence-corrected chi connectivity index (χ3v) is 12.1. The molecule has 1 heterocycles. The summed E-state index contributed by atoms with van der Waals surface area (Å²) >= 11 is 0. The first-order valence-corrected chi connectivity index (χ1v) is 14.6. The lowest BCUT2D eigenvalue weighted by atomic mass is 9.43. The summed E-state index contributed by atoms with van der Waals surface area (Å²) in [6.07, 6.45) is 17.9. The molecule has 0 bridgehead atoms. The number of aliphatic hydroxyl groups is 2. The van der Waals surface area contributed by atoms with Crippen molar-refractivity contribution in [1.82, 2.24) is 0 Å². The maximum Gasteiger partial charge on any atom is 0.0576 e. The average molecular weight is 478 g/mol. The van der Waals surface area contributed by atoms with Crippen molar-refractivity contribution < 1.29 is 10.2 Å². The Morgan fingerprint density at radius 1 is 1.14 bits per heavy atom. The van der Waals surface area contributed by atoms with E-state index in [1.54, 1.807) is 5.57 Å². The largest absolute Gasteiger partial charge is 0.396 e. The summed E-state index contributed by atoms with van der Waals surface area (Å²) in [6.45, 7) is 13.7. The van der Waals surface area contributed by atoms with E-state index in [1.165, 1.54) is 56.1 Å². The van der Waals surface area contributed by atoms with Crippen LogP contribution < -0.4 is 0 Å². The van der Waals surface area contributed by atoms with E-state index in [2.05, 4.69) is 44.5 Å². The van der Waals surface area contributed by atoms with Crippen molar-refractivity contribution in [1.29, 1.82) is 0 Å². The maximum absolute atomic E-state index is 10.4. The lowest BCUT2D eigenvalue weighted by molar-refractivity contribution is -0.0541. The standard InChI is InChI=1S/C32H47NO2/c1-20-12-27-31(4,29-28(20)30(29,2)3)26-7-5-6-24(19-35)25(26)16-32(27)10-8-21(15-32)13-23(18-34)14-22-9-11-33-17-22/h9,12,17,21,23-26,28-29,34-35H,1,5-8,10-11,13-16,18-19H2,2-4H3/t21-,23-,24+,25-,26-,28+,29-,31+,32+/m0/s1. The van der Waals surface area contributed by atoms with E-state index >= 15 is 0 Å². The van der Waals surface area contributed by atoms with Crippen LogP contribution in [-0.4, -0.2) is 36.2 Å². The van der Waals surface area contributed by atoms with E-state index in [0.29, 0.717) is 53.4 Å². The van der Waals surface area contributed by atoms with Gasteiger partial charge in [0.15, 0.2) is 0 Å². The highest BCUT2D eigenvalue weighted by Crippen LogP contribution is 2.80. The van der Waals surface area contributed by atoms with Gasteiger partial charge in [-0.05, 0) is 115 Å². The summed E-state index contributed by atoms with van der Waals surface area (Å²) in [7, 11) is 0. The van der Waals surface area contributed by atoms with Crippen molar-refractivity contribution in [3.63, 3.8) is 0 Å². The number of fused-ring (bicyclic) bond motifs is 6. The molecule has 0 amide bonds. The first-order valence-electron chi connectivity index (χ1n) is 14.6. The van der Waals surface area contributed by atoms with Crippen LogP contribution in [0, 0.1) is 57.7 Å². The highest BCUT2D eigenvalue weighted by molar-refractivity contribution is 5.80. The quantitative estimate of drug-likeness (QED) is 0.467. The molecular formula is C32H47NO2. The van der Waals surface area contributed by atoms with E-state index < -0.39 is 0 Å². The van der Waals surface area contributed by atoms with E-state index in [-0.39, 0.29) is 17.4 Å². The summed E-state index contributed by atoms with van der Waals surface area (Å²) in [5.74, 6) is 4.23. The van der Waals surface area contributed by atoms with Gasteiger partial charge in [0.25, 0.3) is 0 Å². The summed E-state index contributed by atoms with van der Waals surface area (Å²) in [6, 6.07) is 0. The molecule has 35 heavy (non-hydrogen) atoms. The van der Waals surface area contributed by atoms with E-state index in [9.17, 15) is 10.2 Å². The molecular weight excluding hydrogens is 430 g/mol. The van der Waals surface area contributed by atoms with Gasteiger partial charge in [-0.3, -0.25) is 4.99 Å². The zero-order chi connectivity index (χ0) is 24.6. The van der Waals surface area contributed by atoms with Crippen LogP contribution in [0.3, 0.4) is 0 Å². The first-order chi connectivity index (χ1) is 16.7. The Hall–Kier alpha value is -1.19. The minimum absolute atomic E-state index is 0.252. The van der Waals surface area contributed by atoms with Crippen LogP contribution in [0.4, 0.5) is 0 Å². The molecule has 0 unspecified atom stereocenters. The highest BCUT2D eigenvalue weighted by Gasteiger charge is 2.73. The summed E-state index contributed by atoms with van der Waals surface area (Å²) in [4.78, 5) is 4.35. The normalized spacial score (nSPS) is 46.0. The third-order valence-electron chi connectivity index (χ3n) is 12.1. The number of aliphatic hydroxyl groups excluding tert-OH is 2. The Morgan fingerprint density at radius 3 is 2.69 bits per heavy atom. The van der Waals surface area contributed by atoms with E-state index in [1.807, 2.05) is 6.21 Å². The van der Waals surface area contributed by atoms with Gasteiger partial charge in [-0.1, -0.05) is 57.1 Å². The fraction of sp³-hybridized carbons (Fsp3) is 0.781. The molecule has 0 aromatic carbocycles. The van der Waals surface area contributed by atoms with Gasteiger partial charge in [-0.2, -0.15) is 0 Å². The van der Waals surface area contributed by atoms with Gasteiger partial charge in [0, 0.05) is 19.4 Å². The monoisotopic (exact) mass is 477 g/mol. The van der Waals surface area contributed by atoms with Crippen LogP contribution in [0.5, 0.6) is 0 Å². The number of nitrogens with zero attached hydrogens (tertiary/aromatic N) is 1. The van der Waals surface area contributed by atoms with Gasteiger partial charge in [-0.25, -0.2) is 0 Å². The van der Waals surface area contributed by atoms with Crippen LogP contribution in [0.1, 0.15) is 78.6 Å². The van der Waals surface area contributed by atoms with Gasteiger partial charge in [-0.15, -0.1) is 0 Å². The fourth-order valence-electron chi connectivity index (χ4n) is 10.8. The lowest BCUT2D eigenvalue weighted by Crippen LogP contribution is -2.53. The minimum Gasteiger partial charge on any atom is -0.396 e. The first kappa shape index (κ1) is 24.2. The van der Waals surface area contributed by atoms with Gasteiger partial charge in [0.1, 0.15) is 0 Å². The second-order valence-corrected chi connectivity index (χ2v) is 14.2. The molecule has 6 rings (SSSR count). The Morgan fingerprint density at radius 2 is 1.97 bits per heavy atom.